The molecule has 0 fully saturated rings. The van der Waals surface area contributed by atoms with Crippen molar-refractivity contribution in [3.8, 4) is 0 Å². The summed E-state index contributed by atoms with van der Waals surface area (Å²) in [6.07, 6.45) is 1.33. The summed E-state index contributed by atoms with van der Waals surface area (Å²) in [5.74, 6) is 0.979. The van der Waals surface area contributed by atoms with E-state index in [4.69, 9.17) is 0 Å². The maximum atomic E-state index is 13.6. The summed E-state index contributed by atoms with van der Waals surface area (Å²) in [5.41, 5.74) is 5.67. The molecule has 0 saturated heterocycles. The fraction of sp³-hybridized carbons (Fsp3) is 0.333. The van der Waals surface area contributed by atoms with E-state index in [2.05, 4.69) is 30.4 Å². The van der Waals surface area contributed by atoms with Gasteiger partial charge in [-0.1, -0.05) is 91.3 Å². The second-order valence-electron chi connectivity index (χ2n) is 8.93. The molecule has 35 heavy (non-hydrogen) atoms. The Morgan fingerprint density at radius 2 is 1.63 bits per heavy atom. The molecule has 0 saturated carbocycles. The Hall–Kier alpha value is -3.05. The van der Waals surface area contributed by atoms with Crippen LogP contribution in [0, 0.1) is 13.8 Å². The van der Waals surface area contributed by atoms with Crippen molar-refractivity contribution in [2.24, 2.45) is 0 Å². The highest BCUT2D eigenvalue weighted by molar-refractivity contribution is 7.99. The lowest BCUT2D eigenvalue weighted by molar-refractivity contribution is -0.139. The third-order valence-corrected chi connectivity index (χ3v) is 6.97. The van der Waals surface area contributed by atoms with Gasteiger partial charge in [0.05, 0.1) is 5.75 Å². The van der Waals surface area contributed by atoms with Crippen LogP contribution in [0.2, 0.25) is 0 Å². The van der Waals surface area contributed by atoms with E-state index in [1.807, 2.05) is 74.5 Å². The van der Waals surface area contributed by atoms with Gasteiger partial charge in [0.1, 0.15) is 6.04 Å². The molecule has 0 spiro atoms. The quantitative estimate of drug-likeness (QED) is 0.356. The first kappa shape index (κ1) is 26.6. The van der Waals surface area contributed by atoms with Crippen LogP contribution in [0.5, 0.6) is 0 Å². The van der Waals surface area contributed by atoms with Crippen LogP contribution in [-0.4, -0.2) is 35.1 Å². The summed E-state index contributed by atoms with van der Waals surface area (Å²) in [5, 5.41) is 3.03. The van der Waals surface area contributed by atoms with Crippen molar-refractivity contribution in [1.29, 1.82) is 0 Å². The van der Waals surface area contributed by atoms with Gasteiger partial charge in [-0.05, 0) is 42.5 Å². The van der Waals surface area contributed by atoms with E-state index in [0.717, 1.165) is 28.9 Å². The Labute approximate surface area is 214 Å². The molecule has 0 aromatic heterocycles. The van der Waals surface area contributed by atoms with Gasteiger partial charge in [-0.2, -0.15) is 0 Å². The van der Waals surface area contributed by atoms with Crippen LogP contribution in [0.15, 0.2) is 78.9 Å². The summed E-state index contributed by atoms with van der Waals surface area (Å²) in [7, 11) is 0. The Bertz CT molecular complexity index is 1100. The lowest BCUT2D eigenvalue weighted by Gasteiger charge is -2.31. The van der Waals surface area contributed by atoms with E-state index in [9.17, 15) is 9.59 Å². The molecule has 0 heterocycles. The number of nitrogens with zero attached hydrogens (tertiary/aromatic N) is 1. The number of hydrogen-bond donors (Lipinski definition) is 1. The van der Waals surface area contributed by atoms with Crippen LogP contribution in [0.25, 0.3) is 0 Å². The van der Waals surface area contributed by atoms with Crippen LogP contribution in [0.4, 0.5) is 0 Å². The first-order valence-electron chi connectivity index (χ1n) is 12.3. The molecule has 0 radical (unpaired) electrons. The minimum absolute atomic E-state index is 0.0160. The predicted octanol–water partition coefficient (Wildman–Crippen LogP) is 5.70. The molecule has 0 aliphatic carbocycles. The second-order valence-corrected chi connectivity index (χ2v) is 9.91. The Morgan fingerprint density at radius 3 is 2.34 bits per heavy atom. The van der Waals surface area contributed by atoms with Crippen LogP contribution >= 0.6 is 11.8 Å². The fourth-order valence-corrected chi connectivity index (χ4v) is 5.02. The van der Waals surface area contributed by atoms with Crippen LogP contribution < -0.4 is 5.32 Å². The first-order valence-corrected chi connectivity index (χ1v) is 13.4. The average molecular weight is 489 g/mol. The van der Waals surface area contributed by atoms with Crippen molar-refractivity contribution in [3.05, 3.63) is 107 Å². The monoisotopic (exact) mass is 488 g/mol. The zero-order valence-corrected chi connectivity index (χ0v) is 21.8. The number of thioether (sulfide) groups is 1. The van der Waals surface area contributed by atoms with Crippen LogP contribution in [0.3, 0.4) is 0 Å². The van der Waals surface area contributed by atoms with Gasteiger partial charge < -0.3 is 10.2 Å². The highest BCUT2D eigenvalue weighted by Gasteiger charge is 2.30. The Balaban J connectivity index is 1.84. The number of hydrogen-bond acceptors (Lipinski definition) is 3. The van der Waals surface area contributed by atoms with Crippen LogP contribution in [-0.2, 0) is 28.3 Å². The van der Waals surface area contributed by atoms with Crippen molar-refractivity contribution in [1.82, 2.24) is 10.2 Å². The van der Waals surface area contributed by atoms with E-state index < -0.39 is 6.04 Å². The molecule has 184 valence electrons. The molecule has 3 rings (SSSR count). The van der Waals surface area contributed by atoms with E-state index >= 15 is 0 Å². The molecular formula is C30H36N2O2S. The third-order valence-electron chi connectivity index (χ3n) is 6.00. The highest BCUT2D eigenvalue weighted by atomic mass is 32.2. The molecule has 4 nitrogen and oxygen atoms in total. The van der Waals surface area contributed by atoms with Gasteiger partial charge in [0.2, 0.25) is 11.8 Å². The maximum Gasteiger partial charge on any atom is 0.243 e. The lowest BCUT2D eigenvalue weighted by Crippen LogP contribution is -2.51. The average Bonchev–Trinajstić information content (AvgIpc) is 2.86. The van der Waals surface area contributed by atoms with E-state index in [1.54, 1.807) is 16.7 Å². The van der Waals surface area contributed by atoms with Gasteiger partial charge >= 0.3 is 0 Å². The van der Waals surface area contributed by atoms with Gasteiger partial charge in [-0.3, -0.25) is 9.59 Å². The number of rotatable bonds is 12. The SMILES string of the molecule is CCCNC(=O)C(Cc1ccccc1)N(Cc1cccc(C)c1)C(=O)CSCc1ccccc1C. The van der Waals surface area contributed by atoms with Gasteiger partial charge in [-0.15, -0.1) is 11.8 Å². The number of carbonyl (C=O) groups excluding carboxylic acids is 2. The number of aryl methyl sites for hydroxylation is 2. The smallest absolute Gasteiger partial charge is 0.243 e. The molecule has 0 bridgehead atoms. The zero-order valence-electron chi connectivity index (χ0n) is 21.0. The number of carbonyl (C=O) groups is 2. The molecule has 1 N–H and O–H groups in total. The van der Waals surface area contributed by atoms with Gasteiger partial charge in [-0.25, -0.2) is 0 Å². The van der Waals surface area contributed by atoms with Gasteiger partial charge in [0, 0.05) is 25.3 Å². The normalized spacial score (nSPS) is 11.6. The third kappa shape index (κ3) is 8.29. The molecule has 1 unspecified atom stereocenters. The fourth-order valence-electron chi connectivity index (χ4n) is 4.03. The van der Waals surface area contributed by atoms with Crippen molar-refractivity contribution in [2.45, 2.75) is 52.0 Å². The van der Waals surface area contributed by atoms with E-state index in [-0.39, 0.29) is 11.8 Å². The minimum atomic E-state index is -0.573. The molecule has 1 atom stereocenters. The van der Waals surface area contributed by atoms with Crippen molar-refractivity contribution >= 4 is 23.6 Å². The Morgan fingerprint density at radius 1 is 0.914 bits per heavy atom. The summed E-state index contributed by atoms with van der Waals surface area (Å²) < 4.78 is 0. The molecule has 0 aliphatic rings. The second kappa shape index (κ2) is 13.7. The lowest BCUT2D eigenvalue weighted by atomic mass is 10.0. The minimum Gasteiger partial charge on any atom is -0.354 e. The van der Waals surface area contributed by atoms with Crippen LogP contribution in [0.1, 0.15) is 41.2 Å². The standard InChI is InChI=1S/C30H36N2O2S/c1-4-17-31-30(34)28(19-25-13-6-5-7-14-25)32(20-26-15-10-11-23(2)18-26)29(33)22-35-21-27-16-9-8-12-24(27)3/h5-16,18,28H,4,17,19-22H2,1-3H3,(H,31,34). The molecule has 2 amide bonds. The summed E-state index contributed by atoms with van der Waals surface area (Å²) >= 11 is 1.60. The molecule has 0 aliphatic heterocycles. The molecule has 3 aromatic carbocycles. The van der Waals surface area contributed by atoms with Gasteiger partial charge in [0.15, 0.2) is 0 Å². The summed E-state index contributed by atoms with van der Waals surface area (Å²) in [6.45, 7) is 7.17. The Kier molecular flexibility index (Phi) is 10.4. The molecular weight excluding hydrogens is 452 g/mol. The summed E-state index contributed by atoms with van der Waals surface area (Å²) in [4.78, 5) is 28.8. The maximum absolute atomic E-state index is 13.6. The highest BCUT2D eigenvalue weighted by Crippen LogP contribution is 2.20. The first-order chi connectivity index (χ1) is 17.0. The topological polar surface area (TPSA) is 49.4 Å². The van der Waals surface area contributed by atoms with Crippen molar-refractivity contribution in [3.63, 3.8) is 0 Å². The predicted molar refractivity (Wildman–Crippen MR) is 146 cm³/mol. The largest absolute Gasteiger partial charge is 0.354 e. The van der Waals surface area contributed by atoms with Crippen molar-refractivity contribution in [2.75, 3.05) is 12.3 Å². The summed E-state index contributed by atoms with van der Waals surface area (Å²) in [6, 6.07) is 25.8. The van der Waals surface area contributed by atoms with Crippen molar-refractivity contribution < 1.29 is 9.59 Å². The van der Waals surface area contributed by atoms with Gasteiger partial charge in [0.25, 0.3) is 0 Å². The van der Waals surface area contributed by atoms with E-state index in [0.29, 0.717) is 25.3 Å². The number of amides is 2. The molecule has 5 heteroatoms. The van der Waals surface area contributed by atoms with E-state index in [1.165, 1.54) is 11.1 Å². The number of nitrogens with one attached hydrogen (secondary N) is 1. The molecule has 3 aromatic rings. The zero-order chi connectivity index (χ0) is 25.0. The number of benzene rings is 3.